The number of hydrogen-bond donors (Lipinski definition) is 0. The molecule has 2 heterocycles. The Balaban J connectivity index is 1.37. The molecule has 0 atom stereocenters. The largest absolute Gasteiger partial charge is 0.439 e. The predicted octanol–water partition coefficient (Wildman–Crippen LogP) is 7.52. The van der Waals surface area contributed by atoms with E-state index in [1.807, 2.05) is 48.5 Å². The highest BCUT2D eigenvalue weighted by Crippen LogP contribution is 2.32. The number of ether oxygens (including phenoxy) is 2. The second-order valence-electron chi connectivity index (χ2n) is 5.85. The molecular weight excluding hydrogens is 427 g/mol. The van der Waals surface area contributed by atoms with Crippen LogP contribution in [-0.4, -0.2) is 9.97 Å². The lowest BCUT2D eigenvalue weighted by atomic mass is 10.3. The zero-order valence-electron chi connectivity index (χ0n) is 15.0. The van der Waals surface area contributed by atoms with Crippen LogP contribution in [0.15, 0.2) is 94.7 Å². The van der Waals surface area contributed by atoms with Crippen molar-refractivity contribution >= 4 is 35.0 Å². The molecule has 2 aromatic carbocycles. The van der Waals surface area contributed by atoms with Crippen LogP contribution in [0.2, 0.25) is 10.3 Å². The van der Waals surface area contributed by atoms with Gasteiger partial charge in [0.05, 0.1) is 0 Å². The van der Waals surface area contributed by atoms with E-state index < -0.39 is 0 Å². The molecule has 0 aliphatic carbocycles. The molecule has 7 heteroatoms. The van der Waals surface area contributed by atoms with E-state index in [0.717, 1.165) is 9.79 Å². The minimum absolute atomic E-state index is 0.397. The first-order valence-electron chi connectivity index (χ1n) is 8.63. The Morgan fingerprint density at radius 3 is 1.34 bits per heavy atom. The van der Waals surface area contributed by atoms with E-state index in [0.29, 0.717) is 33.6 Å². The van der Waals surface area contributed by atoms with E-state index in [1.54, 1.807) is 48.2 Å². The number of pyridine rings is 2. The van der Waals surface area contributed by atoms with Crippen LogP contribution in [0, 0.1) is 0 Å². The van der Waals surface area contributed by atoms with E-state index >= 15 is 0 Å². The molecule has 0 bridgehead atoms. The Bertz CT molecular complexity index is 1020. The van der Waals surface area contributed by atoms with Gasteiger partial charge in [-0.2, -0.15) is 0 Å². The highest BCUT2D eigenvalue weighted by atomic mass is 35.5. The predicted molar refractivity (Wildman–Crippen MR) is 116 cm³/mol. The summed E-state index contributed by atoms with van der Waals surface area (Å²) in [5.74, 6) is 2.31. The van der Waals surface area contributed by atoms with Gasteiger partial charge in [-0.25, -0.2) is 9.97 Å². The average molecular weight is 441 g/mol. The van der Waals surface area contributed by atoms with Crippen molar-refractivity contribution < 1.29 is 9.47 Å². The summed E-state index contributed by atoms with van der Waals surface area (Å²) in [6.07, 6.45) is 0. The Hall–Kier alpha value is -2.73. The Morgan fingerprint density at radius 2 is 0.966 bits per heavy atom. The first-order chi connectivity index (χ1) is 14.1. The maximum absolute atomic E-state index is 5.88. The third kappa shape index (κ3) is 5.64. The fourth-order valence-corrected chi connectivity index (χ4v) is 3.55. The quantitative estimate of drug-likeness (QED) is 0.290. The standard InChI is InChI=1S/C22H14Cl2N2O2S/c23-19-3-1-5-21(25-19)27-15-7-11-17(12-8-15)29-18-13-9-16(10-14-18)28-22-6-2-4-20(24)26-22/h1-14H. The molecule has 0 aliphatic heterocycles. The van der Waals surface area contributed by atoms with Gasteiger partial charge in [0.25, 0.3) is 0 Å². The normalized spacial score (nSPS) is 10.6. The van der Waals surface area contributed by atoms with Gasteiger partial charge in [0.1, 0.15) is 21.8 Å². The molecule has 4 aromatic rings. The van der Waals surface area contributed by atoms with Gasteiger partial charge in [-0.05, 0) is 60.7 Å². The minimum Gasteiger partial charge on any atom is -0.439 e. The SMILES string of the molecule is Clc1cccc(Oc2ccc(Sc3ccc(Oc4cccc(Cl)n4)cc3)cc2)n1. The molecule has 4 rings (SSSR count). The fraction of sp³-hybridized carbons (Fsp3) is 0. The molecule has 2 aromatic heterocycles. The average Bonchev–Trinajstić information content (AvgIpc) is 2.71. The molecule has 0 spiro atoms. The number of benzene rings is 2. The van der Waals surface area contributed by atoms with Crippen LogP contribution in [-0.2, 0) is 0 Å². The number of aromatic nitrogens is 2. The molecule has 0 N–H and O–H groups in total. The maximum Gasteiger partial charge on any atom is 0.220 e. The second kappa shape index (κ2) is 9.18. The number of halogens is 2. The van der Waals surface area contributed by atoms with Crippen LogP contribution in [0.1, 0.15) is 0 Å². The van der Waals surface area contributed by atoms with Crippen molar-refractivity contribution in [2.45, 2.75) is 9.79 Å². The Morgan fingerprint density at radius 1 is 0.552 bits per heavy atom. The van der Waals surface area contributed by atoms with Crippen molar-refractivity contribution in [3.63, 3.8) is 0 Å². The van der Waals surface area contributed by atoms with E-state index in [2.05, 4.69) is 9.97 Å². The summed E-state index contributed by atoms with van der Waals surface area (Å²) in [5, 5.41) is 0.793. The number of nitrogens with zero attached hydrogens (tertiary/aromatic N) is 2. The lowest BCUT2D eigenvalue weighted by Crippen LogP contribution is -1.88. The fourth-order valence-electron chi connectivity index (χ4n) is 2.42. The van der Waals surface area contributed by atoms with Gasteiger partial charge in [-0.3, -0.25) is 0 Å². The summed E-state index contributed by atoms with van der Waals surface area (Å²) in [6.45, 7) is 0. The van der Waals surface area contributed by atoms with Crippen LogP contribution in [0.3, 0.4) is 0 Å². The second-order valence-corrected chi connectivity index (χ2v) is 7.77. The van der Waals surface area contributed by atoms with E-state index in [4.69, 9.17) is 32.7 Å². The molecule has 0 aliphatic rings. The molecule has 0 saturated heterocycles. The van der Waals surface area contributed by atoms with E-state index in [1.165, 1.54) is 0 Å². The van der Waals surface area contributed by atoms with Crippen LogP contribution in [0.5, 0.6) is 23.3 Å². The van der Waals surface area contributed by atoms with Crippen LogP contribution in [0.25, 0.3) is 0 Å². The van der Waals surface area contributed by atoms with Crippen LogP contribution >= 0.6 is 35.0 Å². The summed E-state index contributed by atoms with van der Waals surface area (Å²) < 4.78 is 11.4. The topological polar surface area (TPSA) is 44.2 Å². The zero-order valence-corrected chi connectivity index (χ0v) is 17.3. The molecular formula is C22H14Cl2N2O2S. The van der Waals surface area contributed by atoms with Gasteiger partial charge in [-0.1, -0.05) is 47.1 Å². The third-order valence-electron chi connectivity index (χ3n) is 3.71. The summed E-state index contributed by atoms with van der Waals surface area (Å²) in [6, 6.07) is 26.1. The summed E-state index contributed by atoms with van der Waals surface area (Å²) in [4.78, 5) is 10.4. The monoisotopic (exact) mass is 440 g/mol. The van der Waals surface area contributed by atoms with E-state index in [-0.39, 0.29) is 0 Å². The first-order valence-corrected chi connectivity index (χ1v) is 10.2. The minimum atomic E-state index is 0.397. The number of hydrogen-bond acceptors (Lipinski definition) is 5. The molecule has 0 radical (unpaired) electrons. The lowest BCUT2D eigenvalue weighted by Gasteiger charge is -2.07. The molecule has 4 nitrogen and oxygen atoms in total. The highest BCUT2D eigenvalue weighted by Gasteiger charge is 2.04. The Kier molecular flexibility index (Phi) is 6.20. The van der Waals surface area contributed by atoms with Gasteiger partial charge in [-0.15, -0.1) is 0 Å². The Labute approximate surface area is 182 Å². The van der Waals surface area contributed by atoms with Crippen molar-refractivity contribution in [1.82, 2.24) is 9.97 Å². The zero-order chi connectivity index (χ0) is 20.1. The third-order valence-corrected chi connectivity index (χ3v) is 5.14. The number of rotatable bonds is 6. The van der Waals surface area contributed by atoms with Crippen molar-refractivity contribution in [1.29, 1.82) is 0 Å². The lowest BCUT2D eigenvalue weighted by molar-refractivity contribution is 0.462. The molecule has 0 saturated carbocycles. The smallest absolute Gasteiger partial charge is 0.220 e. The van der Waals surface area contributed by atoms with Crippen LogP contribution < -0.4 is 9.47 Å². The molecule has 144 valence electrons. The van der Waals surface area contributed by atoms with Gasteiger partial charge in [0, 0.05) is 21.9 Å². The maximum atomic E-state index is 5.88. The molecule has 29 heavy (non-hydrogen) atoms. The molecule has 0 unspecified atom stereocenters. The van der Waals surface area contributed by atoms with Crippen molar-refractivity contribution in [3.05, 3.63) is 95.2 Å². The molecule has 0 amide bonds. The first kappa shape index (κ1) is 19.6. The van der Waals surface area contributed by atoms with Gasteiger partial charge < -0.3 is 9.47 Å². The van der Waals surface area contributed by atoms with Gasteiger partial charge >= 0.3 is 0 Å². The summed E-state index contributed by atoms with van der Waals surface area (Å²) in [5.41, 5.74) is 0. The summed E-state index contributed by atoms with van der Waals surface area (Å²) in [7, 11) is 0. The van der Waals surface area contributed by atoms with Crippen molar-refractivity contribution in [2.75, 3.05) is 0 Å². The van der Waals surface area contributed by atoms with Crippen molar-refractivity contribution in [2.24, 2.45) is 0 Å². The van der Waals surface area contributed by atoms with Gasteiger partial charge in [0.2, 0.25) is 11.8 Å². The van der Waals surface area contributed by atoms with Crippen molar-refractivity contribution in [3.8, 4) is 23.3 Å². The molecule has 0 fully saturated rings. The van der Waals surface area contributed by atoms with Crippen LogP contribution in [0.4, 0.5) is 0 Å². The van der Waals surface area contributed by atoms with Gasteiger partial charge in [0.15, 0.2) is 0 Å². The van der Waals surface area contributed by atoms with E-state index in [9.17, 15) is 0 Å². The highest BCUT2D eigenvalue weighted by molar-refractivity contribution is 7.99. The summed E-state index contributed by atoms with van der Waals surface area (Å²) >= 11 is 13.4.